The zero-order valence-electron chi connectivity index (χ0n) is 11.0. The largest absolute Gasteiger partial charge is 0.478 e. The molecule has 1 saturated carbocycles. The number of aliphatic carboxylic acids is 1. The molecule has 1 saturated heterocycles. The third-order valence-corrected chi connectivity index (χ3v) is 4.09. The molecule has 104 valence electrons. The highest BCUT2D eigenvalue weighted by Crippen LogP contribution is 2.38. The summed E-state index contributed by atoms with van der Waals surface area (Å²) in [6.45, 7) is 0.846. The fourth-order valence-corrected chi connectivity index (χ4v) is 3.17. The van der Waals surface area contributed by atoms with Crippen molar-refractivity contribution < 1.29 is 14.7 Å². The Morgan fingerprint density at radius 1 is 1.35 bits per heavy atom. The van der Waals surface area contributed by atoms with Gasteiger partial charge in [-0.2, -0.15) is 0 Å². The maximum atomic E-state index is 12.5. The van der Waals surface area contributed by atoms with E-state index in [2.05, 4.69) is 4.98 Å². The maximum Gasteiger partial charge on any atom is 0.328 e. The van der Waals surface area contributed by atoms with Crippen LogP contribution in [0.5, 0.6) is 0 Å². The molecule has 2 unspecified atom stereocenters. The first-order valence-corrected chi connectivity index (χ1v) is 6.80. The summed E-state index contributed by atoms with van der Waals surface area (Å²) in [6, 6.07) is 2.08. The van der Waals surface area contributed by atoms with Crippen molar-refractivity contribution in [3.05, 3.63) is 35.7 Å². The number of piperidine rings is 1. The molecule has 1 aromatic rings. The average Bonchev–Trinajstić information content (AvgIpc) is 3.07. The number of hydrogen-bond donors (Lipinski definition) is 1. The van der Waals surface area contributed by atoms with Gasteiger partial charge in [-0.1, -0.05) is 0 Å². The normalized spacial score (nSPS) is 24.5. The molecule has 2 bridgehead atoms. The minimum Gasteiger partial charge on any atom is -0.478 e. The topological polar surface area (TPSA) is 70.5 Å². The van der Waals surface area contributed by atoms with Crippen LogP contribution < -0.4 is 0 Å². The maximum absolute atomic E-state index is 12.5. The van der Waals surface area contributed by atoms with Crippen LogP contribution >= 0.6 is 0 Å². The molecule has 20 heavy (non-hydrogen) atoms. The molecule has 1 aliphatic carbocycles. The quantitative estimate of drug-likeness (QED) is 0.852. The summed E-state index contributed by atoms with van der Waals surface area (Å²) in [5.41, 5.74) is 1.16. The molecule has 0 radical (unpaired) electrons. The third-order valence-electron chi connectivity index (χ3n) is 4.09. The Morgan fingerprint density at radius 3 is 2.85 bits per heavy atom. The molecule has 2 heterocycles. The van der Waals surface area contributed by atoms with Crippen molar-refractivity contribution in [2.75, 3.05) is 6.54 Å². The number of nitrogens with zero attached hydrogens (tertiary/aromatic N) is 2. The van der Waals surface area contributed by atoms with Crippen LogP contribution in [-0.2, 0) is 4.79 Å². The summed E-state index contributed by atoms with van der Waals surface area (Å²) < 4.78 is 0. The Kier molecular flexibility index (Phi) is 3.26. The van der Waals surface area contributed by atoms with Crippen molar-refractivity contribution in [2.45, 2.75) is 25.3 Å². The standard InChI is InChI=1S/C15H16N2O3/c18-14(19)4-2-10-5-12(8-16-7-10)15(20)17-9-11-1-3-13(17)6-11/h2,4-5,7-8,11,13H,1,3,6,9H2,(H,18,19). The van der Waals surface area contributed by atoms with Crippen LogP contribution in [0.2, 0.25) is 0 Å². The predicted molar refractivity (Wildman–Crippen MR) is 73.1 cm³/mol. The molecule has 0 aromatic carbocycles. The van der Waals surface area contributed by atoms with Gasteiger partial charge in [-0.15, -0.1) is 0 Å². The van der Waals surface area contributed by atoms with E-state index < -0.39 is 5.97 Å². The number of amides is 1. The van der Waals surface area contributed by atoms with Gasteiger partial charge in [0.25, 0.3) is 5.91 Å². The van der Waals surface area contributed by atoms with Crippen molar-refractivity contribution in [1.82, 2.24) is 9.88 Å². The average molecular weight is 272 g/mol. The number of rotatable bonds is 3. The molecular weight excluding hydrogens is 256 g/mol. The van der Waals surface area contributed by atoms with Crippen LogP contribution in [0.25, 0.3) is 6.08 Å². The molecule has 1 N–H and O–H groups in total. The zero-order chi connectivity index (χ0) is 14.1. The molecule has 1 aromatic heterocycles. The summed E-state index contributed by atoms with van der Waals surface area (Å²) in [5.74, 6) is -0.346. The van der Waals surface area contributed by atoms with Gasteiger partial charge in [0, 0.05) is 31.1 Å². The van der Waals surface area contributed by atoms with Crippen molar-refractivity contribution in [3.63, 3.8) is 0 Å². The number of carbonyl (C=O) groups excluding carboxylic acids is 1. The summed E-state index contributed by atoms with van der Waals surface area (Å²) >= 11 is 0. The van der Waals surface area contributed by atoms with Crippen LogP contribution in [0.4, 0.5) is 0 Å². The summed E-state index contributed by atoms with van der Waals surface area (Å²) in [6.07, 6.45) is 9.04. The molecule has 5 nitrogen and oxygen atoms in total. The third kappa shape index (κ3) is 2.43. The second kappa shape index (κ2) is 5.07. The first-order valence-electron chi connectivity index (χ1n) is 6.80. The Hall–Kier alpha value is -2.17. The minimum absolute atomic E-state index is 0.00951. The highest BCUT2D eigenvalue weighted by atomic mass is 16.4. The van der Waals surface area contributed by atoms with Gasteiger partial charge in [0.1, 0.15) is 0 Å². The van der Waals surface area contributed by atoms with E-state index >= 15 is 0 Å². The van der Waals surface area contributed by atoms with E-state index in [1.165, 1.54) is 12.5 Å². The number of pyridine rings is 1. The highest BCUT2D eigenvalue weighted by molar-refractivity contribution is 5.95. The van der Waals surface area contributed by atoms with Gasteiger partial charge in [0.15, 0.2) is 0 Å². The van der Waals surface area contributed by atoms with Crippen LogP contribution in [0.3, 0.4) is 0 Å². The highest BCUT2D eigenvalue weighted by Gasteiger charge is 2.40. The van der Waals surface area contributed by atoms with Gasteiger partial charge in [-0.05, 0) is 42.9 Å². The van der Waals surface area contributed by atoms with Gasteiger partial charge in [-0.25, -0.2) is 4.79 Å². The molecule has 2 fully saturated rings. The lowest BCUT2D eigenvalue weighted by Gasteiger charge is -2.27. The Morgan fingerprint density at radius 2 is 2.20 bits per heavy atom. The number of carbonyl (C=O) groups is 2. The monoisotopic (exact) mass is 272 g/mol. The second-order valence-electron chi connectivity index (χ2n) is 5.47. The van der Waals surface area contributed by atoms with Gasteiger partial charge >= 0.3 is 5.97 Å². The fraction of sp³-hybridized carbons (Fsp3) is 0.400. The molecule has 1 aliphatic heterocycles. The molecule has 0 spiro atoms. The van der Waals surface area contributed by atoms with Crippen molar-refractivity contribution in [3.8, 4) is 0 Å². The van der Waals surface area contributed by atoms with E-state index in [-0.39, 0.29) is 5.91 Å². The Balaban J connectivity index is 1.78. The van der Waals surface area contributed by atoms with E-state index in [0.717, 1.165) is 25.5 Å². The second-order valence-corrected chi connectivity index (χ2v) is 5.47. The van der Waals surface area contributed by atoms with Crippen molar-refractivity contribution >= 4 is 18.0 Å². The number of carboxylic acids is 1. The number of likely N-dealkylation sites (tertiary alicyclic amines) is 1. The van der Waals surface area contributed by atoms with Gasteiger partial charge in [0.2, 0.25) is 0 Å². The fourth-order valence-electron chi connectivity index (χ4n) is 3.17. The predicted octanol–water partition coefficient (Wildman–Crippen LogP) is 1.80. The molecular formula is C15H16N2O3. The summed E-state index contributed by atoms with van der Waals surface area (Å²) in [4.78, 5) is 28.9. The van der Waals surface area contributed by atoms with Gasteiger partial charge in [-0.3, -0.25) is 9.78 Å². The molecule has 2 atom stereocenters. The first-order chi connectivity index (χ1) is 9.63. The number of carboxylic acid groups (broad SMARTS) is 1. The van der Waals surface area contributed by atoms with Gasteiger partial charge < -0.3 is 10.0 Å². The SMILES string of the molecule is O=C(O)C=Cc1cncc(C(=O)N2CC3CCC2C3)c1. The van der Waals surface area contributed by atoms with Crippen molar-refractivity contribution in [2.24, 2.45) is 5.92 Å². The lowest BCUT2D eigenvalue weighted by atomic mass is 10.1. The van der Waals surface area contributed by atoms with E-state index in [1.807, 2.05) is 4.90 Å². The first kappa shape index (κ1) is 12.8. The molecule has 2 aliphatic rings. The van der Waals surface area contributed by atoms with Crippen LogP contribution in [0, 0.1) is 5.92 Å². The van der Waals surface area contributed by atoms with E-state index in [4.69, 9.17) is 5.11 Å². The molecule has 5 heteroatoms. The van der Waals surface area contributed by atoms with Crippen LogP contribution in [-0.4, -0.2) is 39.5 Å². The summed E-state index contributed by atoms with van der Waals surface area (Å²) in [5, 5.41) is 8.61. The van der Waals surface area contributed by atoms with E-state index in [9.17, 15) is 9.59 Å². The van der Waals surface area contributed by atoms with Crippen LogP contribution in [0.1, 0.15) is 35.2 Å². The minimum atomic E-state index is -1.02. The van der Waals surface area contributed by atoms with E-state index in [0.29, 0.717) is 23.1 Å². The molecule has 1 amide bonds. The van der Waals surface area contributed by atoms with Gasteiger partial charge in [0.05, 0.1) is 5.56 Å². The van der Waals surface area contributed by atoms with Crippen molar-refractivity contribution in [1.29, 1.82) is 0 Å². The van der Waals surface area contributed by atoms with E-state index in [1.54, 1.807) is 18.5 Å². The number of aromatic nitrogens is 1. The lowest BCUT2D eigenvalue weighted by molar-refractivity contribution is -0.131. The molecule has 3 rings (SSSR count). The van der Waals surface area contributed by atoms with Crippen LogP contribution in [0.15, 0.2) is 24.5 Å². The lowest BCUT2D eigenvalue weighted by Crippen LogP contribution is -2.37. The summed E-state index contributed by atoms with van der Waals surface area (Å²) in [7, 11) is 0. The Labute approximate surface area is 116 Å². The number of hydrogen-bond acceptors (Lipinski definition) is 3. The zero-order valence-corrected chi connectivity index (χ0v) is 11.0. The smallest absolute Gasteiger partial charge is 0.328 e. The number of fused-ring (bicyclic) bond motifs is 2. The Bertz CT molecular complexity index is 582.